The molecule has 3 rings (SSSR count). The molecule has 0 aromatic heterocycles. The molecule has 7 nitrogen and oxygen atoms in total. The Kier molecular flexibility index (Phi) is 6.83. The number of carbonyl (C=O) groups excluding carboxylic acids is 1. The Morgan fingerprint density at radius 2 is 1.90 bits per heavy atom. The molecule has 2 N–H and O–H groups in total. The largest absolute Gasteiger partial charge is 0.490 e. The van der Waals surface area contributed by atoms with Crippen molar-refractivity contribution >= 4 is 5.97 Å². The monoisotopic (exact) mass is 420 g/mol. The van der Waals surface area contributed by atoms with Crippen LogP contribution in [0.5, 0.6) is 11.5 Å². The molecule has 1 aliphatic heterocycles. The maximum absolute atomic E-state index is 12.6. The number of allylic oxidation sites excluding steroid dienone is 2. The number of ether oxygens (including phenoxy) is 4. The Morgan fingerprint density at radius 1 is 1.16 bits per heavy atom. The first-order valence-corrected chi connectivity index (χ1v) is 9.80. The van der Waals surface area contributed by atoms with E-state index >= 15 is 0 Å². The molecule has 0 amide bonds. The highest BCUT2D eigenvalue weighted by atomic mass is 16.5. The molecule has 2 aromatic rings. The SMILES string of the molecule is CCOc1cccc(C2C(C#N)=C(N)OC(C)=C2C(=O)OC)c1OCc1ccccc1. The van der Waals surface area contributed by atoms with Gasteiger partial charge >= 0.3 is 5.97 Å². The lowest BCUT2D eigenvalue weighted by Gasteiger charge is -2.28. The van der Waals surface area contributed by atoms with Crippen LogP contribution in [0, 0.1) is 11.3 Å². The summed E-state index contributed by atoms with van der Waals surface area (Å²) in [5.41, 5.74) is 7.81. The van der Waals surface area contributed by atoms with Crippen LogP contribution in [0.25, 0.3) is 0 Å². The van der Waals surface area contributed by atoms with Gasteiger partial charge in [-0.25, -0.2) is 4.79 Å². The van der Waals surface area contributed by atoms with Gasteiger partial charge in [-0.05, 0) is 25.5 Å². The molecule has 0 fully saturated rings. The summed E-state index contributed by atoms with van der Waals surface area (Å²) in [7, 11) is 1.27. The zero-order valence-electron chi connectivity index (χ0n) is 17.7. The fraction of sp³-hybridized carbons (Fsp3) is 0.250. The maximum atomic E-state index is 12.6. The van der Waals surface area contributed by atoms with E-state index in [2.05, 4.69) is 6.07 Å². The molecule has 0 spiro atoms. The number of esters is 1. The van der Waals surface area contributed by atoms with E-state index in [9.17, 15) is 10.1 Å². The number of nitrogens with two attached hydrogens (primary N) is 1. The van der Waals surface area contributed by atoms with Crippen molar-refractivity contribution in [2.45, 2.75) is 26.4 Å². The Hall–Kier alpha value is -3.92. The fourth-order valence-electron chi connectivity index (χ4n) is 3.48. The van der Waals surface area contributed by atoms with Crippen LogP contribution in [-0.4, -0.2) is 19.7 Å². The van der Waals surface area contributed by atoms with Gasteiger partial charge in [-0.3, -0.25) is 0 Å². The fourth-order valence-corrected chi connectivity index (χ4v) is 3.48. The molecule has 0 aliphatic carbocycles. The average molecular weight is 420 g/mol. The molecule has 0 saturated heterocycles. The molecule has 0 radical (unpaired) electrons. The summed E-state index contributed by atoms with van der Waals surface area (Å²) in [6.45, 7) is 4.17. The highest BCUT2D eigenvalue weighted by Gasteiger charge is 2.38. The van der Waals surface area contributed by atoms with Crippen LogP contribution < -0.4 is 15.2 Å². The van der Waals surface area contributed by atoms with Gasteiger partial charge in [-0.2, -0.15) is 5.26 Å². The third kappa shape index (κ3) is 4.48. The van der Waals surface area contributed by atoms with E-state index in [1.165, 1.54) is 7.11 Å². The molecule has 0 saturated carbocycles. The summed E-state index contributed by atoms with van der Waals surface area (Å²) in [5, 5.41) is 9.81. The highest BCUT2D eigenvalue weighted by molar-refractivity contribution is 5.92. The lowest BCUT2D eigenvalue weighted by Crippen LogP contribution is -2.25. The normalized spacial score (nSPS) is 15.7. The molecular formula is C24H24N2O5. The molecule has 1 unspecified atom stereocenters. The minimum absolute atomic E-state index is 0.0616. The zero-order valence-corrected chi connectivity index (χ0v) is 17.7. The Balaban J connectivity index is 2.16. The topological polar surface area (TPSA) is 104 Å². The Bertz CT molecular complexity index is 1070. The third-order valence-electron chi connectivity index (χ3n) is 4.86. The minimum Gasteiger partial charge on any atom is -0.490 e. The van der Waals surface area contributed by atoms with Gasteiger partial charge in [0.1, 0.15) is 24.0 Å². The molecule has 0 bridgehead atoms. The van der Waals surface area contributed by atoms with Gasteiger partial charge in [0.05, 0.1) is 25.2 Å². The van der Waals surface area contributed by atoms with E-state index in [-0.39, 0.29) is 29.4 Å². The van der Waals surface area contributed by atoms with E-state index in [0.29, 0.717) is 23.7 Å². The first-order valence-electron chi connectivity index (χ1n) is 9.80. The van der Waals surface area contributed by atoms with Crippen molar-refractivity contribution < 1.29 is 23.7 Å². The summed E-state index contributed by atoms with van der Waals surface area (Å²) in [6.07, 6.45) is 0. The van der Waals surface area contributed by atoms with E-state index in [0.717, 1.165) is 5.56 Å². The molecule has 1 atom stereocenters. The molecule has 7 heteroatoms. The van der Waals surface area contributed by atoms with Crippen molar-refractivity contribution in [3.05, 3.63) is 82.4 Å². The number of carbonyl (C=O) groups is 1. The molecular weight excluding hydrogens is 396 g/mol. The van der Waals surface area contributed by atoms with Crippen LogP contribution in [0.3, 0.4) is 0 Å². The number of hydrogen-bond donors (Lipinski definition) is 1. The van der Waals surface area contributed by atoms with Gasteiger partial charge in [0.2, 0.25) is 5.88 Å². The number of rotatable bonds is 7. The van der Waals surface area contributed by atoms with Gasteiger partial charge < -0.3 is 24.7 Å². The smallest absolute Gasteiger partial charge is 0.338 e. The second kappa shape index (κ2) is 9.72. The Labute approximate surface area is 181 Å². The van der Waals surface area contributed by atoms with Crippen LogP contribution in [-0.2, 0) is 20.9 Å². The lowest BCUT2D eigenvalue weighted by atomic mass is 9.82. The van der Waals surface area contributed by atoms with Gasteiger partial charge in [0.15, 0.2) is 11.5 Å². The predicted molar refractivity (Wildman–Crippen MR) is 114 cm³/mol. The van der Waals surface area contributed by atoms with Gasteiger partial charge in [0, 0.05) is 5.56 Å². The van der Waals surface area contributed by atoms with Crippen molar-refractivity contribution in [3.8, 4) is 17.6 Å². The maximum Gasteiger partial charge on any atom is 0.338 e. The van der Waals surface area contributed by atoms with Crippen LogP contribution in [0.15, 0.2) is 71.3 Å². The molecule has 2 aromatic carbocycles. The number of nitriles is 1. The van der Waals surface area contributed by atoms with E-state index < -0.39 is 11.9 Å². The quantitative estimate of drug-likeness (QED) is 0.677. The highest BCUT2D eigenvalue weighted by Crippen LogP contribution is 2.46. The first-order chi connectivity index (χ1) is 15.0. The Morgan fingerprint density at radius 3 is 2.55 bits per heavy atom. The third-order valence-corrected chi connectivity index (χ3v) is 4.86. The van der Waals surface area contributed by atoms with Crippen LogP contribution >= 0.6 is 0 Å². The second-order valence-electron chi connectivity index (χ2n) is 6.77. The summed E-state index contributed by atoms with van der Waals surface area (Å²) >= 11 is 0. The van der Waals surface area contributed by atoms with Crippen molar-refractivity contribution in [1.82, 2.24) is 0 Å². The molecule has 1 heterocycles. The predicted octanol–water partition coefficient (Wildman–Crippen LogP) is 3.92. The van der Waals surface area contributed by atoms with Crippen molar-refractivity contribution in [1.29, 1.82) is 5.26 Å². The van der Waals surface area contributed by atoms with E-state index in [1.54, 1.807) is 25.1 Å². The van der Waals surface area contributed by atoms with E-state index in [4.69, 9.17) is 24.7 Å². The molecule has 160 valence electrons. The van der Waals surface area contributed by atoms with E-state index in [1.807, 2.05) is 37.3 Å². The average Bonchev–Trinajstić information content (AvgIpc) is 2.78. The summed E-state index contributed by atoms with van der Waals surface area (Å²) in [6, 6.07) is 17.1. The van der Waals surface area contributed by atoms with Gasteiger partial charge in [-0.15, -0.1) is 0 Å². The van der Waals surface area contributed by atoms with Crippen molar-refractivity contribution in [2.75, 3.05) is 13.7 Å². The van der Waals surface area contributed by atoms with Crippen LogP contribution in [0.1, 0.15) is 30.9 Å². The number of nitrogens with zero attached hydrogens (tertiary/aromatic N) is 1. The van der Waals surface area contributed by atoms with Gasteiger partial charge in [0.25, 0.3) is 0 Å². The second-order valence-corrected chi connectivity index (χ2v) is 6.77. The summed E-state index contributed by atoms with van der Waals surface area (Å²) in [5.74, 6) is -0.302. The van der Waals surface area contributed by atoms with Gasteiger partial charge in [-0.1, -0.05) is 42.5 Å². The standard InChI is InChI=1S/C24H24N2O5/c1-4-29-19-12-8-11-17(22(19)30-14-16-9-6-5-7-10-16)21-18(13-25)23(26)31-15(2)20(21)24(27)28-3/h5-12,21H,4,14,26H2,1-3H3. The number of methoxy groups -OCH3 is 1. The van der Waals surface area contributed by atoms with Crippen molar-refractivity contribution in [3.63, 3.8) is 0 Å². The molecule has 31 heavy (non-hydrogen) atoms. The minimum atomic E-state index is -0.822. The van der Waals surface area contributed by atoms with Crippen molar-refractivity contribution in [2.24, 2.45) is 5.73 Å². The summed E-state index contributed by atoms with van der Waals surface area (Å²) < 4.78 is 22.4. The first kappa shape index (κ1) is 21.8. The van der Waals surface area contributed by atoms with Crippen LogP contribution in [0.2, 0.25) is 0 Å². The number of benzene rings is 2. The molecule has 1 aliphatic rings. The summed E-state index contributed by atoms with van der Waals surface area (Å²) in [4.78, 5) is 12.6. The number of hydrogen-bond acceptors (Lipinski definition) is 7. The lowest BCUT2D eigenvalue weighted by molar-refractivity contribution is -0.136. The zero-order chi connectivity index (χ0) is 22.4. The van der Waals surface area contributed by atoms with Crippen LogP contribution in [0.4, 0.5) is 0 Å². The number of para-hydroxylation sites is 1.